The summed E-state index contributed by atoms with van der Waals surface area (Å²) in [7, 11) is 0. The lowest BCUT2D eigenvalue weighted by atomic mass is 10.1. The van der Waals surface area contributed by atoms with Crippen molar-refractivity contribution in [3.8, 4) is 0 Å². The first-order valence-corrected chi connectivity index (χ1v) is 9.98. The first kappa shape index (κ1) is 20.0. The predicted octanol–water partition coefficient (Wildman–Crippen LogP) is 2.72. The molecule has 1 fully saturated rings. The summed E-state index contributed by atoms with van der Waals surface area (Å²) in [4.78, 5) is 30.8. The first-order valence-electron chi connectivity index (χ1n) is 9.98. The molecule has 150 valence electrons. The first-order chi connectivity index (χ1) is 13.4. The molecule has 1 aliphatic rings. The number of carbonyl (C=O) groups excluding carboxylic acids is 2. The molecular weight excluding hydrogens is 354 g/mol. The zero-order valence-electron chi connectivity index (χ0n) is 16.9. The standard InChI is InChI=1S/C21H29N5O2/c1-15(14-26-17(3)22-16(2)24-26)21(28)23-19-9-6-18(7-10-19)8-11-20(27)25-12-4-5-13-25/h6-7,9-10,15H,4-5,8,11-14H2,1-3H3,(H,23,28). The molecule has 0 aliphatic carbocycles. The van der Waals surface area contributed by atoms with Crippen LogP contribution in [0.25, 0.3) is 0 Å². The molecular formula is C21H29N5O2. The Morgan fingerprint density at radius 1 is 1.14 bits per heavy atom. The number of nitrogens with one attached hydrogen (secondary N) is 1. The van der Waals surface area contributed by atoms with Crippen molar-refractivity contribution in [2.45, 2.75) is 53.0 Å². The Morgan fingerprint density at radius 2 is 1.82 bits per heavy atom. The Balaban J connectivity index is 1.48. The minimum Gasteiger partial charge on any atom is -0.343 e. The van der Waals surface area contributed by atoms with Crippen molar-refractivity contribution in [1.29, 1.82) is 0 Å². The zero-order chi connectivity index (χ0) is 20.1. The van der Waals surface area contributed by atoms with Crippen LogP contribution in [0.3, 0.4) is 0 Å². The monoisotopic (exact) mass is 383 g/mol. The molecule has 28 heavy (non-hydrogen) atoms. The van der Waals surface area contributed by atoms with Gasteiger partial charge in [0.05, 0.1) is 12.5 Å². The second-order valence-electron chi connectivity index (χ2n) is 7.56. The molecule has 0 radical (unpaired) electrons. The molecule has 0 saturated carbocycles. The van der Waals surface area contributed by atoms with E-state index in [1.165, 1.54) is 0 Å². The molecule has 0 spiro atoms. The molecule has 1 atom stereocenters. The number of hydrogen-bond donors (Lipinski definition) is 1. The van der Waals surface area contributed by atoms with Gasteiger partial charge in [-0.1, -0.05) is 19.1 Å². The molecule has 2 amide bonds. The largest absolute Gasteiger partial charge is 0.343 e. The van der Waals surface area contributed by atoms with Crippen LogP contribution in [0.5, 0.6) is 0 Å². The number of nitrogens with zero attached hydrogens (tertiary/aromatic N) is 4. The Morgan fingerprint density at radius 3 is 2.43 bits per heavy atom. The molecule has 1 aliphatic heterocycles. The van der Waals surface area contributed by atoms with Gasteiger partial charge >= 0.3 is 0 Å². The Kier molecular flexibility index (Phi) is 6.44. The van der Waals surface area contributed by atoms with Crippen molar-refractivity contribution in [2.24, 2.45) is 5.92 Å². The van der Waals surface area contributed by atoms with Gasteiger partial charge in [-0.2, -0.15) is 5.10 Å². The molecule has 1 aromatic heterocycles. The SMILES string of the molecule is Cc1nc(C)n(CC(C)C(=O)Nc2ccc(CCC(=O)N3CCCC3)cc2)n1. The van der Waals surface area contributed by atoms with Crippen molar-refractivity contribution >= 4 is 17.5 Å². The molecule has 1 N–H and O–H groups in total. The molecule has 0 bridgehead atoms. The van der Waals surface area contributed by atoms with E-state index in [0.29, 0.717) is 18.8 Å². The van der Waals surface area contributed by atoms with Crippen molar-refractivity contribution in [3.05, 3.63) is 41.5 Å². The number of amides is 2. The minimum atomic E-state index is -0.224. The third-order valence-electron chi connectivity index (χ3n) is 5.16. The highest BCUT2D eigenvalue weighted by Gasteiger charge is 2.18. The van der Waals surface area contributed by atoms with E-state index < -0.39 is 0 Å². The predicted molar refractivity (Wildman–Crippen MR) is 108 cm³/mol. The van der Waals surface area contributed by atoms with Gasteiger partial charge < -0.3 is 10.2 Å². The van der Waals surface area contributed by atoms with Crippen LogP contribution in [0.2, 0.25) is 0 Å². The molecule has 3 rings (SSSR count). The quantitative estimate of drug-likeness (QED) is 0.797. The summed E-state index contributed by atoms with van der Waals surface area (Å²) in [6, 6.07) is 7.74. The lowest BCUT2D eigenvalue weighted by Gasteiger charge is -2.15. The van der Waals surface area contributed by atoms with Gasteiger partial charge in [-0.15, -0.1) is 0 Å². The van der Waals surface area contributed by atoms with E-state index in [4.69, 9.17) is 0 Å². The van der Waals surface area contributed by atoms with Crippen LogP contribution in [0, 0.1) is 19.8 Å². The molecule has 1 aromatic carbocycles. The van der Waals surface area contributed by atoms with Crippen molar-refractivity contribution in [2.75, 3.05) is 18.4 Å². The zero-order valence-corrected chi connectivity index (χ0v) is 16.9. The van der Waals surface area contributed by atoms with Crippen molar-refractivity contribution in [3.63, 3.8) is 0 Å². The Hall–Kier alpha value is -2.70. The molecule has 2 heterocycles. The second kappa shape index (κ2) is 8.99. The summed E-state index contributed by atoms with van der Waals surface area (Å²) in [5.41, 5.74) is 1.87. The highest BCUT2D eigenvalue weighted by molar-refractivity contribution is 5.92. The second-order valence-corrected chi connectivity index (χ2v) is 7.56. The van der Waals surface area contributed by atoms with E-state index in [1.807, 2.05) is 49.9 Å². The van der Waals surface area contributed by atoms with Crippen LogP contribution in [0.15, 0.2) is 24.3 Å². The highest BCUT2D eigenvalue weighted by Crippen LogP contribution is 2.15. The van der Waals surface area contributed by atoms with E-state index in [1.54, 1.807) is 4.68 Å². The summed E-state index contributed by atoms with van der Waals surface area (Å²) in [6.45, 7) is 7.90. The summed E-state index contributed by atoms with van der Waals surface area (Å²) < 4.78 is 1.76. The summed E-state index contributed by atoms with van der Waals surface area (Å²) in [5.74, 6) is 1.48. The van der Waals surface area contributed by atoms with Crippen LogP contribution in [-0.2, 0) is 22.6 Å². The normalized spacial score (nSPS) is 14.9. The van der Waals surface area contributed by atoms with Gasteiger partial charge in [-0.05, 0) is 50.8 Å². The summed E-state index contributed by atoms with van der Waals surface area (Å²) >= 11 is 0. The average Bonchev–Trinajstić information content (AvgIpc) is 3.31. The van der Waals surface area contributed by atoms with Gasteiger partial charge in [-0.25, -0.2) is 9.67 Å². The van der Waals surface area contributed by atoms with Crippen molar-refractivity contribution < 1.29 is 9.59 Å². The van der Waals surface area contributed by atoms with E-state index in [9.17, 15) is 9.59 Å². The summed E-state index contributed by atoms with van der Waals surface area (Å²) in [5, 5.41) is 7.26. The fraction of sp³-hybridized carbons (Fsp3) is 0.524. The van der Waals surface area contributed by atoms with E-state index >= 15 is 0 Å². The lowest BCUT2D eigenvalue weighted by molar-refractivity contribution is -0.130. The van der Waals surface area contributed by atoms with Crippen molar-refractivity contribution in [1.82, 2.24) is 19.7 Å². The molecule has 2 aromatic rings. The van der Waals surface area contributed by atoms with Crippen LogP contribution in [0.1, 0.15) is 43.4 Å². The van der Waals surface area contributed by atoms with Gasteiger partial charge in [-0.3, -0.25) is 9.59 Å². The molecule has 7 heteroatoms. The van der Waals surface area contributed by atoms with Crippen LogP contribution in [0.4, 0.5) is 5.69 Å². The average molecular weight is 383 g/mol. The maximum absolute atomic E-state index is 12.5. The van der Waals surface area contributed by atoms with E-state index in [-0.39, 0.29) is 17.7 Å². The van der Waals surface area contributed by atoms with Gasteiger partial charge in [0, 0.05) is 25.2 Å². The number of likely N-dealkylation sites (tertiary alicyclic amines) is 1. The molecule has 7 nitrogen and oxygen atoms in total. The van der Waals surface area contributed by atoms with Crippen LogP contribution < -0.4 is 5.32 Å². The summed E-state index contributed by atoms with van der Waals surface area (Å²) in [6.07, 6.45) is 3.51. The van der Waals surface area contributed by atoms with Gasteiger partial charge in [0.25, 0.3) is 0 Å². The number of aryl methyl sites for hydroxylation is 3. The number of rotatable bonds is 7. The number of hydrogen-bond acceptors (Lipinski definition) is 4. The topological polar surface area (TPSA) is 80.1 Å². The van der Waals surface area contributed by atoms with Gasteiger partial charge in [0.1, 0.15) is 11.6 Å². The fourth-order valence-electron chi connectivity index (χ4n) is 3.47. The third-order valence-corrected chi connectivity index (χ3v) is 5.16. The smallest absolute Gasteiger partial charge is 0.229 e. The van der Waals surface area contributed by atoms with Gasteiger partial charge in [0.2, 0.25) is 11.8 Å². The number of benzene rings is 1. The highest BCUT2D eigenvalue weighted by atomic mass is 16.2. The van der Waals surface area contributed by atoms with Crippen LogP contribution >= 0.6 is 0 Å². The molecule has 1 unspecified atom stereocenters. The Labute approximate surface area is 166 Å². The van der Waals surface area contributed by atoms with Crippen LogP contribution in [-0.4, -0.2) is 44.6 Å². The molecule has 1 saturated heterocycles. The number of carbonyl (C=O) groups is 2. The fourth-order valence-corrected chi connectivity index (χ4v) is 3.47. The van der Waals surface area contributed by atoms with E-state index in [0.717, 1.165) is 49.4 Å². The maximum Gasteiger partial charge on any atom is 0.229 e. The Bertz CT molecular complexity index is 822. The third kappa shape index (κ3) is 5.18. The number of aromatic nitrogens is 3. The van der Waals surface area contributed by atoms with E-state index in [2.05, 4.69) is 15.4 Å². The minimum absolute atomic E-state index is 0.0514. The lowest BCUT2D eigenvalue weighted by Crippen LogP contribution is -2.27. The maximum atomic E-state index is 12.5. The van der Waals surface area contributed by atoms with Gasteiger partial charge in [0.15, 0.2) is 0 Å². The number of anilines is 1.